The van der Waals surface area contributed by atoms with E-state index in [1.807, 2.05) is 37.3 Å². The molecule has 0 amide bonds. The summed E-state index contributed by atoms with van der Waals surface area (Å²) in [6.45, 7) is 6.54. The van der Waals surface area contributed by atoms with Gasteiger partial charge in [-0.25, -0.2) is 9.86 Å². The molecule has 11 nitrogen and oxygen atoms in total. The fraction of sp³-hybridized carbons (Fsp3) is 0.278. The lowest BCUT2D eigenvalue weighted by Crippen LogP contribution is -2.31. The average Bonchev–Trinajstić information content (AvgIpc) is 3.85. The lowest BCUT2D eigenvalue weighted by atomic mass is 10.1. The number of fused-ring (bicyclic) bond motifs is 2. The summed E-state index contributed by atoms with van der Waals surface area (Å²) in [7, 11) is -0.469. The number of benzene rings is 2. The molecule has 0 bridgehead atoms. The number of thiophene rings is 2. The third-order valence-electron chi connectivity index (χ3n) is 8.15. The van der Waals surface area contributed by atoms with Crippen molar-refractivity contribution in [2.45, 2.75) is 39.8 Å². The van der Waals surface area contributed by atoms with Crippen LogP contribution < -0.4 is 25.1 Å². The second kappa shape index (κ2) is 16.1. The first-order valence-corrected chi connectivity index (χ1v) is 19.1. The van der Waals surface area contributed by atoms with Gasteiger partial charge in [-0.3, -0.25) is 9.59 Å². The Hall–Kier alpha value is -4.31. The molecule has 5 N–H and O–H groups in total. The van der Waals surface area contributed by atoms with Gasteiger partial charge in [0.05, 0.1) is 24.0 Å². The van der Waals surface area contributed by atoms with Crippen molar-refractivity contribution < 1.29 is 27.5 Å². The molecule has 264 valence electrons. The van der Waals surface area contributed by atoms with Crippen molar-refractivity contribution in [2.24, 2.45) is 10.9 Å². The number of rotatable bonds is 14. The number of ether oxygens (including phenoxy) is 2. The van der Waals surface area contributed by atoms with Crippen LogP contribution in [0.1, 0.15) is 54.7 Å². The standard InChI is InChI=1S/C18H21N3O4S2.C18H20N2O2S/c1-12-10-14-11-16(17(22)13-4-6-15(25-2)7-5-13)26-18(14)21(12)9-3-8-20-27(19,23)24;1-12-10-14-11-16(23-18(14)20(12)9-3-8-19)17(21)13-4-6-15(22-2)7-5-13/h4-7,10-11,20H,3,8-9H2,1-2H3,(H2,19,23,24);4-7,10-11H,3,8-9,19H2,1-2H3. The fourth-order valence-corrected chi connectivity index (χ4v) is 8.40. The Morgan fingerprint density at radius 1 is 0.720 bits per heavy atom. The highest BCUT2D eigenvalue weighted by Crippen LogP contribution is 2.32. The van der Waals surface area contributed by atoms with Gasteiger partial charge in [-0.2, -0.15) is 8.42 Å². The summed E-state index contributed by atoms with van der Waals surface area (Å²) in [5.41, 5.74) is 9.19. The number of carbonyl (C=O) groups is 2. The van der Waals surface area contributed by atoms with Crippen LogP contribution in [0.15, 0.2) is 72.8 Å². The van der Waals surface area contributed by atoms with E-state index in [2.05, 4.69) is 26.8 Å². The monoisotopic (exact) mass is 735 g/mol. The molecule has 0 aliphatic rings. The van der Waals surface area contributed by atoms with Crippen molar-refractivity contribution in [1.82, 2.24) is 13.9 Å². The molecule has 50 heavy (non-hydrogen) atoms. The van der Waals surface area contributed by atoms with Gasteiger partial charge in [0.25, 0.3) is 10.2 Å². The highest BCUT2D eigenvalue weighted by molar-refractivity contribution is 7.87. The Bertz CT molecular complexity index is 2210. The first-order chi connectivity index (χ1) is 23.9. The molecule has 14 heteroatoms. The molecule has 0 spiro atoms. The lowest BCUT2D eigenvalue weighted by molar-refractivity contribution is 0.103. The number of aromatic nitrogens is 2. The van der Waals surface area contributed by atoms with Crippen molar-refractivity contribution in [3.8, 4) is 11.5 Å². The van der Waals surface area contributed by atoms with E-state index in [0.717, 1.165) is 49.7 Å². The number of aryl methyl sites for hydroxylation is 4. The molecular weight excluding hydrogens is 695 g/mol. The van der Waals surface area contributed by atoms with E-state index >= 15 is 0 Å². The number of ketones is 2. The molecule has 0 saturated carbocycles. The highest BCUT2D eigenvalue weighted by Gasteiger charge is 2.18. The van der Waals surface area contributed by atoms with E-state index in [9.17, 15) is 18.0 Å². The number of nitrogens with zero attached hydrogens (tertiary/aromatic N) is 2. The van der Waals surface area contributed by atoms with Crippen molar-refractivity contribution in [1.29, 1.82) is 0 Å². The third kappa shape index (κ3) is 8.70. The number of hydrogen-bond donors (Lipinski definition) is 3. The van der Waals surface area contributed by atoms with Gasteiger partial charge in [-0.05, 0) is 106 Å². The molecule has 0 unspecified atom stereocenters. The number of nitrogens with one attached hydrogen (secondary N) is 1. The van der Waals surface area contributed by atoms with E-state index in [0.29, 0.717) is 41.3 Å². The Kier molecular flexibility index (Phi) is 11.9. The van der Waals surface area contributed by atoms with Crippen LogP contribution in [-0.4, -0.2) is 56.4 Å². The average molecular weight is 736 g/mol. The molecule has 0 aliphatic carbocycles. The quantitative estimate of drug-likeness (QED) is 0.0909. The summed E-state index contributed by atoms with van der Waals surface area (Å²) >= 11 is 2.99. The van der Waals surface area contributed by atoms with E-state index in [-0.39, 0.29) is 18.1 Å². The molecule has 4 aromatic heterocycles. The largest absolute Gasteiger partial charge is 0.497 e. The molecule has 0 atom stereocenters. The van der Waals surface area contributed by atoms with Crippen LogP contribution in [0.2, 0.25) is 0 Å². The van der Waals surface area contributed by atoms with E-state index in [4.69, 9.17) is 20.3 Å². The second-order valence-corrected chi connectivity index (χ2v) is 15.1. The van der Waals surface area contributed by atoms with Gasteiger partial charge in [0.2, 0.25) is 11.6 Å². The minimum atomic E-state index is -3.67. The molecule has 0 fully saturated rings. The minimum absolute atomic E-state index is 0.0288. The lowest BCUT2D eigenvalue weighted by Gasteiger charge is -2.07. The zero-order chi connectivity index (χ0) is 36.0. The van der Waals surface area contributed by atoms with Crippen LogP contribution in [0.4, 0.5) is 0 Å². The Labute approximate surface area is 299 Å². The first-order valence-electron chi connectivity index (χ1n) is 16.0. The van der Waals surface area contributed by atoms with Gasteiger partial charge in [0, 0.05) is 52.9 Å². The summed E-state index contributed by atoms with van der Waals surface area (Å²) < 4.78 is 38.8. The Balaban J connectivity index is 0.000000197. The molecule has 6 rings (SSSR count). The Morgan fingerprint density at radius 2 is 1.14 bits per heavy atom. The van der Waals surface area contributed by atoms with Gasteiger partial charge in [-0.15, -0.1) is 22.7 Å². The van der Waals surface area contributed by atoms with Crippen molar-refractivity contribution in [2.75, 3.05) is 27.3 Å². The fourth-order valence-electron chi connectivity index (χ4n) is 5.60. The SMILES string of the molecule is COc1ccc(C(=O)c2cc3cc(C)n(CCCN)c3s2)cc1.COc1ccc(C(=O)c2cc3cc(C)n(CCCNS(N)(=O)=O)c3s2)cc1. The summed E-state index contributed by atoms with van der Waals surface area (Å²) in [6, 6.07) is 22.3. The number of carbonyl (C=O) groups excluding carboxylic acids is 2. The van der Waals surface area contributed by atoms with E-state index < -0.39 is 10.2 Å². The zero-order valence-corrected chi connectivity index (χ0v) is 30.8. The van der Waals surface area contributed by atoms with Gasteiger partial charge in [0.1, 0.15) is 21.2 Å². The van der Waals surface area contributed by atoms with Crippen molar-refractivity contribution >= 4 is 64.9 Å². The smallest absolute Gasteiger partial charge is 0.274 e. The summed E-state index contributed by atoms with van der Waals surface area (Å²) in [5.74, 6) is 1.48. The predicted octanol–water partition coefficient (Wildman–Crippen LogP) is 6.03. The highest BCUT2D eigenvalue weighted by atomic mass is 32.2. The van der Waals surface area contributed by atoms with Crippen LogP contribution in [-0.2, 0) is 23.3 Å². The maximum absolute atomic E-state index is 12.8. The van der Waals surface area contributed by atoms with Crippen LogP contribution in [0, 0.1) is 13.8 Å². The molecule has 6 aromatic rings. The summed E-state index contributed by atoms with van der Waals surface area (Å²) in [4.78, 5) is 29.0. The van der Waals surface area contributed by atoms with Crippen LogP contribution in [0.3, 0.4) is 0 Å². The maximum Gasteiger partial charge on any atom is 0.274 e. The maximum atomic E-state index is 12.8. The second-order valence-electron chi connectivity index (χ2n) is 11.7. The topological polar surface area (TPSA) is 161 Å². The Morgan fingerprint density at radius 3 is 1.52 bits per heavy atom. The van der Waals surface area contributed by atoms with E-state index in [1.54, 1.807) is 62.0 Å². The summed E-state index contributed by atoms with van der Waals surface area (Å²) in [5, 5.41) is 7.07. The third-order valence-corrected chi connectivity index (χ3v) is 11.1. The molecule has 0 aliphatic heterocycles. The molecular formula is C36H41N5O6S3. The van der Waals surface area contributed by atoms with Gasteiger partial charge in [-0.1, -0.05) is 0 Å². The molecule has 2 aromatic carbocycles. The van der Waals surface area contributed by atoms with Gasteiger partial charge < -0.3 is 24.3 Å². The predicted molar refractivity (Wildman–Crippen MR) is 201 cm³/mol. The minimum Gasteiger partial charge on any atom is -0.497 e. The zero-order valence-electron chi connectivity index (χ0n) is 28.4. The normalized spacial score (nSPS) is 11.5. The van der Waals surface area contributed by atoms with Crippen LogP contribution in [0.5, 0.6) is 11.5 Å². The number of hydrogen-bond acceptors (Lipinski definition) is 9. The molecule has 4 heterocycles. The molecule has 0 saturated heterocycles. The number of methoxy groups -OCH3 is 2. The van der Waals surface area contributed by atoms with Crippen molar-refractivity contribution in [3.05, 3.63) is 105 Å². The van der Waals surface area contributed by atoms with Crippen LogP contribution >= 0.6 is 22.7 Å². The van der Waals surface area contributed by atoms with Gasteiger partial charge >= 0.3 is 0 Å². The van der Waals surface area contributed by atoms with E-state index in [1.165, 1.54) is 17.0 Å². The summed E-state index contributed by atoms with van der Waals surface area (Å²) in [6.07, 6.45) is 1.53. The van der Waals surface area contributed by atoms with Crippen LogP contribution in [0.25, 0.3) is 20.4 Å². The van der Waals surface area contributed by atoms with Crippen molar-refractivity contribution in [3.63, 3.8) is 0 Å². The van der Waals surface area contributed by atoms with Gasteiger partial charge in [0.15, 0.2) is 0 Å². The first kappa shape index (κ1) is 37.0. The molecule has 0 radical (unpaired) electrons. The number of nitrogens with two attached hydrogens (primary N) is 2.